The third-order valence-corrected chi connectivity index (χ3v) is 4.95. The Kier molecular flexibility index (Phi) is 4.67. The molecule has 1 nitrogen and oxygen atoms in total. The molecule has 0 spiro atoms. The Morgan fingerprint density at radius 2 is 1.58 bits per heavy atom. The maximum Gasteiger partial charge on any atom is 0.0108 e. The monoisotopic (exact) mass is 259 g/mol. The highest BCUT2D eigenvalue weighted by molar-refractivity contribution is 5.38. The predicted octanol–water partition coefficient (Wildman–Crippen LogP) is 4.31. The predicted molar refractivity (Wildman–Crippen MR) is 83.5 cm³/mol. The normalized spacial score (nSPS) is 25.3. The number of hydrogen-bond donors (Lipinski definition) is 1. The Bertz CT molecular complexity index is 404. The first kappa shape index (κ1) is 14.6. The van der Waals surface area contributed by atoms with E-state index in [9.17, 15) is 0 Å². The standard InChI is InChI=1S/C18H29N/c1-12-5-7-16(8-6-12)18(19)11-17-14(3)9-13(2)10-15(17)4/h9-10,12,16,18H,5-8,11,19H2,1-4H3. The van der Waals surface area contributed by atoms with E-state index >= 15 is 0 Å². The quantitative estimate of drug-likeness (QED) is 0.860. The second-order valence-corrected chi connectivity index (χ2v) is 6.77. The van der Waals surface area contributed by atoms with Gasteiger partial charge in [-0.1, -0.05) is 37.5 Å². The molecule has 1 heteroatoms. The molecule has 2 N–H and O–H groups in total. The minimum atomic E-state index is 0.340. The smallest absolute Gasteiger partial charge is 0.0108 e. The number of aryl methyl sites for hydroxylation is 3. The van der Waals surface area contributed by atoms with E-state index in [2.05, 4.69) is 39.8 Å². The Hall–Kier alpha value is -0.820. The van der Waals surface area contributed by atoms with Crippen LogP contribution in [0, 0.1) is 32.6 Å². The number of hydrogen-bond acceptors (Lipinski definition) is 1. The first-order chi connectivity index (χ1) is 8.97. The Morgan fingerprint density at radius 3 is 2.11 bits per heavy atom. The molecule has 0 aliphatic heterocycles. The lowest BCUT2D eigenvalue weighted by molar-refractivity contribution is 0.253. The molecule has 0 amide bonds. The van der Waals surface area contributed by atoms with Crippen molar-refractivity contribution in [2.24, 2.45) is 17.6 Å². The molecule has 0 bridgehead atoms. The van der Waals surface area contributed by atoms with Gasteiger partial charge >= 0.3 is 0 Å². The van der Waals surface area contributed by atoms with E-state index < -0.39 is 0 Å². The van der Waals surface area contributed by atoms with Crippen molar-refractivity contribution in [1.82, 2.24) is 0 Å². The Labute approximate surface area is 118 Å². The van der Waals surface area contributed by atoms with Crippen molar-refractivity contribution in [2.75, 3.05) is 0 Å². The van der Waals surface area contributed by atoms with Crippen LogP contribution in [0.3, 0.4) is 0 Å². The van der Waals surface area contributed by atoms with Gasteiger partial charge in [0.05, 0.1) is 0 Å². The van der Waals surface area contributed by atoms with E-state index in [4.69, 9.17) is 5.73 Å². The van der Waals surface area contributed by atoms with Crippen molar-refractivity contribution < 1.29 is 0 Å². The second-order valence-electron chi connectivity index (χ2n) is 6.77. The van der Waals surface area contributed by atoms with Crippen molar-refractivity contribution in [3.05, 3.63) is 34.4 Å². The summed E-state index contributed by atoms with van der Waals surface area (Å²) in [6.07, 6.45) is 6.43. The molecule has 1 fully saturated rings. The molecule has 0 aromatic heterocycles. The van der Waals surface area contributed by atoms with Gasteiger partial charge in [0, 0.05) is 6.04 Å². The number of benzene rings is 1. The summed E-state index contributed by atoms with van der Waals surface area (Å²) < 4.78 is 0. The van der Waals surface area contributed by atoms with E-state index in [-0.39, 0.29) is 0 Å². The van der Waals surface area contributed by atoms with Gasteiger partial charge in [0.1, 0.15) is 0 Å². The lowest BCUT2D eigenvalue weighted by atomic mass is 9.77. The van der Waals surface area contributed by atoms with Crippen LogP contribution < -0.4 is 5.73 Å². The van der Waals surface area contributed by atoms with Gasteiger partial charge in [0.25, 0.3) is 0 Å². The lowest BCUT2D eigenvalue weighted by Crippen LogP contribution is -2.35. The molecule has 1 saturated carbocycles. The summed E-state index contributed by atoms with van der Waals surface area (Å²) in [5, 5.41) is 0. The third-order valence-electron chi connectivity index (χ3n) is 4.95. The van der Waals surface area contributed by atoms with Crippen LogP contribution in [0.5, 0.6) is 0 Å². The fourth-order valence-electron chi connectivity index (χ4n) is 3.65. The van der Waals surface area contributed by atoms with E-state index in [1.54, 1.807) is 0 Å². The molecule has 1 aromatic rings. The maximum absolute atomic E-state index is 6.50. The molecule has 1 aliphatic rings. The third kappa shape index (κ3) is 3.60. The van der Waals surface area contributed by atoms with Crippen molar-refractivity contribution in [2.45, 2.75) is 65.8 Å². The first-order valence-corrected chi connectivity index (χ1v) is 7.79. The van der Waals surface area contributed by atoms with Crippen LogP contribution in [0.1, 0.15) is 54.9 Å². The molecule has 1 aliphatic carbocycles. The zero-order valence-electron chi connectivity index (χ0n) is 13.0. The van der Waals surface area contributed by atoms with Crippen LogP contribution in [0.4, 0.5) is 0 Å². The fourth-order valence-corrected chi connectivity index (χ4v) is 3.65. The molecule has 1 aromatic carbocycles. The molecule has 19 heavy (non-hydrogen) atoms. The molecule has 1 unspecified atom stereocenters. The minimum Gasteiger partial charge on any atom is -0.327 e. The number of nitrogens with two attached hydrogens (primary N) is 1. The highest BCUT2D eigenvalue weighted by Gasteiger charge is 2.24. The zero-order chi connectivity index (χ0) is 14.0. The summed E-state index contributed by atoms with van der Waals surface area (Å²) in [7, 11) is 0. The van der Waals surface area contributed by atoms with Gasteiger partial charge in [-0.2, -0.15) is 0 Å². The van der Waals surface area contributed by atoms with Gasteiger partial charge in [-0.25, -0.2) is 0 Å². The van der Waals surface area contributed by atoms with Crippen LogP contribution >= 0.6 is 0 Å². The van der Waals surface area contributed by atoms with Gasteiger partial charge in [0.15, 0.2) is 0 Å². The van der Waals surface area contributed by atoms with E-state index in [0.717, 1.165) is 18.3 Å². The lowest BCUT2D eigenvalue weighted by Gasteiger charge is -2.31. The highest BCUT2D eigenvalue weighted by Crippen LogP contribution is 2.31. The average Bonchev–Trinajstić information content (AvgIpc) is 2.34. The summed E-state index contributed by atoms with van der Waals surface area (Å²) in [6.45, 7) is 9.00. The van der Waals surface area contributed by atoms with Crippen LogP contribution in [-0.2, 0) is 6.42 Å². The molecule has 0 radical (unpaired) electrons. The molecular formula is C18H29N. The minimum absolute atomic E-state index is 0.340. The first-order valence-electron chi connectivity index (χ1n) is 7.79. The van der Waals surface area contributed by atoms with E-state index in [1.807, 2.05) is 0 Å². The summed E-state index contributed by atoms with van der Waals surface area (Å²) >= 11 is 0. The summed E-state index contributed by atoms with van der Waals surface area (Å²) in [5.74, 6) is 1.64. The molecule has 106 valence electrons. The van der Waals surface area contributed by atoms with Gasteiger partial charge < -0.3 is 5.73 Å². The highest BCUT2D eigenvalue weighted by atomic mass is 14.7. The summed E-state index contributed by atoms with van der Waals surface area (Å²) in [5.41, 5.74) is 12.2. The molecule has 0 heterocycles. The largest absolute Gasteiger partial charge is 0.327 e. The van der Waals surface area contributed by atoms with Crippen molar-refractivity contribution in [3.63, 3.8) is 0 Å². The molecule has 1 atom stereocenters. The van der Waals surface area contributed by atoms with Crippen molar-refractivity contribution >= 4 is 0 Å². The Balaban J connectivity index is 2.04. The van der Waals surface area contributed by atoms with Gasteiger partial charge in [-0.3, -0.25) is 0 Å². The average molecular weight is 259 g/mol. The van der Waals surface area contributed by atoms with Crippen molar-refractivity contribution in [3.8, 4) is 0 Å². The van der Waals surface area contributed by atoms with Crippen LogP contribution in [0.15, 0.2) is 12.1 Å². The SMILES string of the molecule is Cc1cc(C)c(CC(N)C2CCC(C)CC2)c(C)c1. The van der Waals surface area contributed by atoms with Gasteiger partial charge in [-0.05, 0) is 68.6 Å². The topological polar surface area (TPSA) is 26.0 Å². The fraction of sp³-hybridized carbons (Fsp3) is 0.667. The molecule has 0 saturated heterocycles. The van der Waals surface area contributed by atoms with E-state index in [0.29, 0.717) is 6.04 Å². The Morgan fingerprint density at radius 1 is 1.05 bits per heavy atom. The summed E-state index contributed by atoms with van der Waals surface area (Å²) in [6, 6.07) is 4.92. The van der Waals surface area contributed by atoms with Crippen molar-refractivity contribution in [1.29, 1.82) is 0 Å². The summed E-state index contributed by atoms with van der Waals surface area (Å²) in [4.78, 5) is 0. The van der Waals surface area contributed by atoms with Crippen LogP contribution in [0.25, 0.3) is 0 Å². The van der Waals surface area contributed by atoms with Crippen LogP contribution in [0.2, 0.25) is 0 Å². The maximum atomic E-state index is 6.50. The van der Waals surface area contributed by atoms with Gasteiger partial charge in [-0.15, -0.1) is 0 Å². The zero-order valence-corrected chi connectivity index (χ0v) is 13.0. The van der Waals surface area contributed by atoms with Gasteiger partial charge in [0.2, 0.25) is 0 Å². The van der Waals surface area contributed by atoms with Crippen LogP contribution in [-0.4, -0.2) is 6.04 Å². The molecule has 2 rings (SSSR count). The molecular weight excluding hydrogens is 230 g/mol. The second kappa shape index (κ2) is 6.09. The van der Waals surface area contributed by atoms with E-state index in [1.165, 1.54) is 47.9 Å². The number of rotatable bonds is 3.